The van der Waals surface area contributed by atoms with Crippen molar-refractivity contribution in [1.82, 2.24) is 0 Å². The first kappa shape index (κ1) is 15.2. The van der Waals surface area contributed by atoms with E-state index >= 15 is 0 Å². The molecule has 0 fully saturated rings. The van der Waals surface area contributed by atoms with Crippen LogP contribution < -0.4 is 0 Å². The molecular weight excluding hydrogens is 368 g/mol. The van der Waals surface area contributed by atoms with Gasteiger partial charge in [-0.25, -0.2) is 0 Å². The third-order valence-corrected chi connectivity index (χ3v) is 5.43. The fourth-order valence-electron chi connectivity index (χ4n) is 2.39. The summed E-state index contributed by atoms with van der Waals surface area (Å²) in [5, 5.41) is 10.0. The molecular formula is C17H14BrClOS. The quantitative estimate of drug-likeness (QED) is 0.723. The summed E-state index contributed by atoms with van der Waals surface area (Å²) < 4.78 is 1.10. The predicted molar refractivity (Wildman–Crippen MR) is 93.9 cm³/mol. The zero-order valence-corrected chi connectivity index (χ0v) is 14.4. The van der Waals surface area contributed by atoms with E-state index < -0.39 is 0 Å². The molecule has 0 spiro atoms. The highest BCUT2D eigenvalue weighted by atomic mass is 79.9. The highest BCUT2D eigenvalue weighted by Crippen LogP contribution is 2.36. The van der Waals surface area contributed by atoms with Gasteiger partial charge in [0.05, 0.1) is 6.61 Å². The number of halogens is 2. The van der Waals surface area contributed by atoms with Crippen molar-refractivity contribution in [2.24, 2.45) is 0 Å². The molecule has 1 nitrogen and oxygen atoms in total. The van der Waals surface area contributed by atoms with Crippen LogP contribution >= 0.6 is 39.3 Å². The molecule has 4 heteroatoms. The van der Waals surface area contributed by atoms with E-state index in [9.17, 15) is 5.11 Å². The topological polar surface area (TPSA) is 20.2 Å². The lowest BCUT2D eigenvalue weighted by Gasteiger charge is -2.07. The zero-order valence-electron chi connectivity index (χ0n) is 11.3. The molecule has 0 unspecified atom stereocenters. The molecule has 0 saturated heterocycles. The molecule has 1 aliphatic carbocycles. The van der Waals surface area contributed by atoms with Crippen LogP contribution in [0.3, 0.4) is 0 Å². The Kier molecular flexibility index (Phi) is 4.75. The van der Waals surface area contributed by atoms with Gasteiger partial charge in [-0.05, 0) is 52.9 Å². The molecule has 0 amide bonds. The third-order valence-electron chi connectivity index (χ3n) is 3.48. The maximum absolute atomic E-state index is 9.27. The fourth-order valence-corrected chi connectivity index (χ4v) is 4.23. The summed E-state index contributed by atoms with van der Waals surface area (Å²) in [6.07, 6.45) is 2.92. The molecule has 1 aliphatic rings. The lowest BCUT2D eigenvalue weighted by molar-refractivity contribution is 0.330. The van der Waals surface area contributed by atoms with Gasteiger partial charge in [0.25, 0.3) is 0 Å². The Hall–Kier alpha value is -0.740. The van der Waals surface area contributed by atoms with E-state index in [1.807, 2.05) is 23.9 Å². The van der Waals surface area contributed by atoms with Crippen LogP contribution in [-0.2, 0) is 12.2 Å². The highest BCUT2D eigenvalue weighted by Gasteiger charge is 2.16. The van der Waals surface area contributed by atoms with Gasteiger partial charge in [-0.3, -0.25) is 0 Å². The smallest absolute Gasteiger partial charge is 0.0648 e. The van der Waals surface area contributed by atoms with E-state index in [0.717, 1.165) is 27.2 Å². The average Bonchev–Trinajstić information content (AvgIpc) is 2.90. The molecule has 2 aromatic carbocycles. The van der Waals surface area contributed by atoms with Gasteiger partial charge in [0, 0.05) is 20.1 Å². The lowest BCUT2D eigenvalue weighted by Crippen LogP contribution is -1.90. The molecule has 108 valence electrons. The summed E-state index contributed by atoms with van der Waals surface area (Å²) in [4.78, 5) is 1.24. The molecule has 2 aromatic rings. The first-order valence-electron chi connectivity index (χ1n) is 6.65. The van der Waals surface area contributed by atoms with Gasteiger partial charge in [-0.1, -0.05) is 45.7 Å². The molecule has 0 heterocycles. The summed E-state index contributed by atoms with van der Waals surface area (Å²) in [5.41, 5.74) is 4.82. The fraction of sp³-hybridized carbons (Fsp3) is 0.176. The van der Waals surface area contributed by atoms with Crippen molar-refractivity contribution in [1.29, 1.82) is 0 Å². The standard InChI is InChI=1S/C17H14BrClOS/c18-17-8-15(7-13-5-12(9-20)6-16(13)17)21-10-11-1-3-14(19)4-2-11/h1-4,6-8,20H,5,9-10H2. The molecule has 3 rings (SSSR count). The Morgan fingerprint density at radius 2 is 1.95 bits per heavy atom. The van der Waals surface area contributed by atoms with Crippen LogP contribution in [0.4, 0.5) is 0 Å². The third kappa shape index (κ3) is 3.54. The van der Waals surface area contributed by atoms with E-state index in [2.05, 4.69) is 46.3 Å². The molecule has 0 bridgehead atoms. The van der Waals surface area contributed by atoms with Gasteiger partial charge < -0.3 is 5.11 Å². The summed E-state index contributed by atoms with van der Waals surface area (Å²) >= 11 is 11.3. The number of benzene rings is 2. The van der Waals surface area contributed by atoms with E-state index in [4.69, 9.17) is 11.6 Å². The van der Waals surface area contributed by atoms with E-state index in [1.165, 1.54) is 21.6 Å². The minimum Gasteiger partial charge on any atom is -0.392 e. The second-order valence-corrected chi connectivity index (χ2v) is 7.37. The van der Waals surface area contributed by atoms with Crippen molar-refractivity contribution in [2.75, 3.05) is 6.61 Å². The van der Waals surface area contributed by atoms with Crippen LogP contribution in [0, 0.1) is 0 Å². The second kappa shape index (κ2) is 6.57. The molecule has 1 N–H and O–H groups in total. The lowest BCUT2D eigenvalue weighted by atomic mass is 10.1. The van der Waals surface area contributed by atoms with Gasteiger partial charge in [0.1, 0.15) is 0 Å². The van der Waals surface area contributed by atoms with Crippen LogP contribution in [0.25, 0.3) is 6.08 Å². The SMILES string of the molecule is OCC1=Cc2c(Br)cc(SCc3ccc(Cl)cc3)cc2C1. The first-order chi connectivity index (χ1) is 10.2. The maximum atomic E-state index is 9.27. The van der Waals surface area contributed by atoms with Gasteiger partial charge in [-0.2, -0.15) is 0 Å². The number of fused-ring (bicyclic) bond motifs is 1. The van der Waals surface area contributed by atoms with Crippen LogP contribution in [0.1, 0.15) is 16.7 Å². The Morgan fingerprint density at radius 3 is 2.67 bits per heavy atom. The molecule has 0 atom stereocenters. The zero-order chi connectivity index (χ0) is 14.8. The summed E-state index contributed by atoms with van der Waals surface area (Å²) in [7, 11) is 0. The van der Waals surface area contributed by atoms with Crippen molar-refractivity contribution in [3.8, 4) is 0 Å². The van der Waals surface area contributed by atoms with Gasteiger partial charge in [-0.15, -0.1) is 11.8 Å². The molecule has 0 radical (unpaired) electrons. The van der Waals surface area contributed by atoms with Crippen molar-refractivity contribution in [2.45, 2.75) is 17.1 Å². The minimum absolute atomic E-state index is 0.133. The highest BCUT2D eigenvalue weighted by molar-refractivity contribution is 9.10. The first-order valence-corrected chi connectivity index (χ1v) is 8.81. The van der Waals surface area contributed by atoms with Crippen molar-refractivity contribution in [3.05, 3.63) is 68.2 Å². The molecule has 21 heavy (non-hydrogen) atoms. The summed E-state index contributed by atoms with van der Waals surface area (Å²) in [6.45, 7) is 0.133. The van der Waals surface area contributed by atoms with Crippen LogP contribution in [0.5, 0.6) is 0 Å². The number of hydrogen-bond acceptors (Lipinski definition) is 2. The monoisotopic (exact) mass is 380 g/mol. The number of rotatable bonds is 4. The number of hydrogen-bond donors (Lipinski definition) is 1. The largest absolute Gasteiger partial charge is 0.392 e. The van der Waals surface area contributed by atoms with Gasteiger partial charge >= 0.3 is 0 Å². The molecule has 0 aliphatic heterocycles. The van der Waals surface area contributed by atoms with Crippen molar-refractivity contribution < 1.29 is 5.11 Å². The van der Waals surface area contributed by atoms with Crippen LogP contribution in [0.2, 0.25) is 5.02 Å². The Labute approximate surface area is 142 Å². The Balaban J connectivity index is 1.74. The maximum Gasteiger partial charge on any atom is 0.0648 e. The summed E-state index contributed by atoms with van der Waals surface area (Å²) in [6, 6.07) is 12.3. The second-order valence-electron chi connectivity index (χ2n) is 5.03. The Morgan fingerprint density at radius 1 is 1.19 bits per heavy atom. The summed E-state index contributed by atoms with van der Waals surface area (Å²) in [5.74, 6) is 0.919. The average molecular weight is 382 g/mol. The number of aliphatic hydroxyl groups is 1. The van der Waals surface area contributed by atoms with Gasteiger partial charge in [0.15, 0.2) is 0 Å². The van der Waals surface area contributed by atoms with E-state index in [-0.39, 0.29) is 6.61 Å². The van der Waals surface area contributed by atoms with Gasteiger partial charge in [0.2, 0.25) is 0 Å². The van der Waals surface area contributed by atoms with Crippen LogP contribution in [0.15, 0.2) is 51.3 Å². The Bertz CT molecular complexity index is 695. The van der Waals surface area contributed by atoms with Crippen molar-refractivity contribution >= 4 is 45.4 Å². The molecule has 0 aromatic heterocycles. The van der Waals surface area contributed by atoms with Crippen LogP contribution in [-0.4, -0.2) is 11.7 Å². The normalized spacial score (nSPS) is 13.2. The predicted octanol–water partition coefficient (Wildman–Crippen LogP) is 5.33. The van der Waals surface area contributed by atoms with E-state index in [0.29, 0.717) is 0 Å². The number of thioether (sulfide) groups is 1. The van der Waals surface area contributed by atoms with E-state index in [1.54, 1.807) is 0 Å². The molecule has 0 saturated carbocycles. The minimum atomic E-state index is 0.133. The number of aliphatic hydroxyl groups excluding tert-OH is 1. The van der Waals surface area contributed by atoms with Crippen molar-refractivity contribution in [3.63, 3.8) is 0 Å².